The normalized spacial score (nSPS) is 42.9. The maximum atomic E-state index is 11.6. The van der Waals surface area contributed by atoms with Crippen LogP contribution in [0.1, 0.15) is 59.8 Å². The third-order valence-corrected chi connectivity index (χ3v) is 2.84. The average Bonchev–Trinajstić information content (AvgIpc) is 2.61. The fraction of sp³-hybridized carbons (Fsp3) is 0.625. The molecule has 0 spiro atoms. The van der Waals surface area contributed by atoms with Crippen LogP contribution in [-0.2, 0) is 0 Å². The highest BCUT2D eigenvalue weighted by Gasteiger charge is 2.38. The molecule has 0 aromatic heterocycles. The van der Waals surface area contributed by atoms with Crippen LogP contribution in [0.25, 0.3) is 0 Å². The summed E-state index contributed by atoms with van der Waals surface area (Å²) in [5.74, 6) is -2.46. The molecule has 3 nitrogen and oxygen atoms in total. The van der Waals surface area contributed by atoms with Gasteiger partial charge in [-0.2, -0.15) is 0 Å². The van der Waals surface area contributed by atoms with Gasteiger partial charge in [0, 0.05) is 26.2 Å². The molecule has 2 rings (SSSR count). The molecule has 1 aliphatic rings. The Bertz CT molecular complexity index is 817. The summed E-state index contributed by atoms with van der Waals surface area (Å²) in [6.07, 6.45) is -18.4. The summed E-state index contributed by atoms with van der Waals surface area (Å²) in [6, 6.07) is 0.765. The first-order chi connectivity index (χ1) is 13.6. The zero-order valence-corrected chi connectivity index (χ0v) is 10.8. The number of phenolic OH excluding ortho intramolecular Hbond substituents is 1. The van der Waals surface area contributed by atoms with Crippen LogP contribution in [0.3, 0.4) is 0 Å². The van der Waals surface area contributed by atoms with Crippen molar-refractivity contribution in [2.24, 2.45) is 0 Å². The number of aromatic hydroxyl groups is 1. The Morgan fingerprint density at radius 1 is 1.32 bits per heavy atom. The molecule has 1 aromatic rings. The highest BCUT2D eigenvalue weighted by atomic mass is 16.3. The van der Waals surface area contributed by atoms with E-state index in [1.165, 1.54) is 19.0 Å². The lowest BCUT2D eigenvalue weighted by molar-refractivity contribution is -0.0277. The maximum Gasteiger partial charge on any atom is 0.115 e. The van der Waals surface area contributed by atoms with Crippen molar-refractivity contribution in [2.75, 3.05) is 20.6 Å². The summed E-state index contributed by atoms with van der Waals surface area (Å²) in [6.45, 7) is -0.367. The Kier molecular flexibility index (Phi) is 1.68. The van der Waals surface area contributed by atoms with Gasteiger partial charge in [-0.15, -0.1) is 0 Å². The third kappa shape index (κ3) is 3.48. The Morgan fingerprint density at radius 3 is 2.42 bits per heavy atom. The molecule has 0 amide bonds. The van der Waals surface area contributed by atoms with Crippen molar-refractivity contribution in [3.63, 3.8) is 0 Å². The van der Waals surface area contributed by atoms with E-state index in [-0.39, 0.29) is 12.1 Å². The van der Waals surface area contributed by atoms with Gasteiger partial charge in [-0.05, 0) is 44.5 Å². The molecule has 0 heterocycles. The second-order valence-corrected chi connectivity index (χ2v) is 4.63. The first kappa shape index (κ1) is 5.38. The SMILES string of the molecule is [2H]c1cc(C(CN(C)C)C2(O)C([2H])([2H])C([2H])([2H])C([2H])([2H])C([2H])([2H])C2([2H])[2H])cc([2H])c1O. The molecular formula is C16H25NO2. The van der Waals surface area contributed by atoms with E-state index in [2.05, 4.69) is 0 Å². The monoisotopic (exact) mass is 275 g/mol. The molecule has 19 heavy (non-hydrogen) atoms. The van der Waals surface area contributed by atoms with Crippen molar-refractivity contribution in [2.45, 2.75) is 43.4 Å². The molecule has 1 aromatic carbocycles. The number of hydrogen-bond acceptors (Lipinski definition) is 3. The lowest BCUT2D eigenvalue weighted by Gasteiger charge is -2.40. The van der Waals surface area contributed by atoms with E-state index in [0.717, 1.165) is 12.1 Å². The number of rotatable bonds is 4. The molecule has 1 unspecified atom stereocenters. The summed E-state index contributed by atoms with van der Waals surface area (Å²) in [5.41, 5.74) is -3.69. The lowest BCUT2D eigenvalue weighted by atomic mass is 9.72. The van der Waals surface area contributed by atoms with Crippen molar-refractivity contribution in [3.8, 4) is 5.75 Å². The van der Waals surface area contributed by atoms with Crippen molar-refractivity contribution in [1.29, 1.82) is 0 Å². The van der Waals surface area contributed by atoms with E-state index in [1.54, 1.807) is 0 Å². The van der Waals surface area contributed by atoms with Crippen LogP contribution in [0, 0.1) is 0 Å². The van der Waals surface area contributed by atoms with Crippen LogP contribution >= 0.6 is 0 Å². The zero-order chi connectivity index (χ0) is 24.6. The van der Waals surface area contributed by atoms with Crippen LogP contribution < -0.4 is 0 Å². The average molecular weight is 275 g/mol. The highest BCUT2D eigenvalue weighted by molar-refractivity contribution is 5.30. The molecule has 1 atom stereocenters. The van der Waals surface area contributed by atoms with E-state index in [9.17, 15) is 10.2 Å². The second-order valence-electron chi connectivity index (χ2n) is 4.63. The minimum atomic E-state index is -3.68. The van der Waals surface area contributed by atoms with Gasteiger partial charge >= 0.3 is 0 Å². The summed E-state index contributed by atoms with van der Waals surface area (Å²) < 4.78 is 97.4. The van der Waals surface area contributed by atoms with Crippen molar-refractivity contribution >= 4 is 0 Å². The maximum absolute atomic E-state index is 11.6. The molecule has 2 N–H and O–H groups in total. The van der Waals surface area contributed by atoms with Crippen LogP contribution in [0.5, 0.6) is 5.75 Å². The van der Waals surface area contributed by atoms with Crippen LogP contribution in [0.15, 0.2) is 24.2 Å². The smallest absolute Gasteiger partial charge is 0.115 e. The van der Waals surface area contributed by atoms with Gasteiger partial charge in [-0.3, -0.25) is 0 Å². The van der Waals surface area contributed by atoms with E-state index < -0.39 is 61.2 Å². The highest BCUT2D eigenvalue weighted by Crippen LogP contribution is 2.40. The molecule has 0 radical (unpaired) electrons. The molecule has 0 saturated heterocycles. The van der Waals surface area contributed by atoms with Crippen LogP contribution in [-0.4, -0.2) is 41.4 Å². The first-order valence-corrected chi connectivity index (χ1v) is 5.80. The van der Waals surface area contributed by atoms with Gasteiger partial charge in [-0.1, -0.05) is 31.3 Å². The molecule has 1 fully saturated rings. The Labute approximate surface area is 132 Å². The number of likely N-dealkylation sites (N-methyl/N-ethyl adjacent to an activating group) is 1. The van der Waals surface area contributed by atoms with Gasteiger partial charge < -0.3 is 15.1 Å². The summed E-state index contributed by atoms with van der Waals surface area (Å²) in [7, 11) is 2.97. The second kappa shape index (κ2) is 5.93. The molecule has 1 saturated carbocycles. The minimum absolute atomic E-state index is 0.203. The molecule has 3 heteroatoms. The molecule has 0 bridgehead atoms. The Morgan fingerprint density at radius 2 is 1.89 bits per heavy atom. The van der Waals surface area contributed by atoms with Crippen molar-refractivity contribution in [1.82, 2.24) is 4.90 Å². The molecule has 106 valence electrons. The van der Waals surface area contributed by atoms with Gasteiger partial charge in [0.25, 0.3) is 0 Å². The quantitative estimate of drug-likeness (QED) is 0.888. The standard InChI is InChI=1S/C16H25NO2/c1-17(2)12-15(13-6-8-14(18)9-7-13)16(19)10-4-3-5-11-16/h6-9,15,18-19H,3-5,10-12H2,1-2H3/i3D2,4D2,5D2,8D,9D,10D2,11D2. The number of hydrogen-bond donors (Lipinski definition) is 2. The molecule has 0 aliphatic heterocycles. The predicted octanol–water partition coefficient (Wildman–Crippen LogP) is 2.73. The van der Waals surface area contributed by atoms with E-state index in [0.29, 0.717) is 0 Å². The molecular weight excluding hydrogens is 238 g/mol. The number of aliphatic hydroxyl groups is 1. The number of nitrogens with zero attached hydrogens (tertiary/aromatic N) is 1. The molecule has 1 aliphatic carbocycles. The summed E-state index contributed by atoms with van der Waals surface area (Å²) >= 11 is 0. The third-order valence-electron chi connectivity index (χ3n) is 2.84. The number of phenols is 1. The van der Waals surface area contributed by atoms with E-state index >= 15 is 0 Å². The van der Waals surface area contributed by atoms with Crippen molar-refractivity contribution < 1.29 is 26.7 Å². The Hall–Kier alpha value is -1.06. The first-order valence-electron chi connectivity index (χ1n) is 11.8. The van der Waals surface area contributed by atoms with Crippen LogP contribution in [0.4, 0.5) is 0 Å². The van der Waals surface area contributed by atoms with Gasteiger partial charge in [0.05, 0.1) is 8.34 Å². The minimum Gasteiger partial charge on any atom is -0.508 e. The van der Waals surface area contributed by atoms with Gasteiger partial charge in [-0.25, -0.2) is 0 Å². The van der Waals surface area contributed by atoms with Gasteiger partial charge in [0.15, 0.2) is 0 Å². The largest absolute Gasteiger partial charge is 0.508 e. The Balaban J connectivity index is 2.97. The fourth-order valence-corrected chi connectivity index (χ4v) is 1.92. The fourth-order valence-electron chi connectivity index (χ4n) is 1.92. The topological polar surface area (TPSA) is 43.7 Å². The van der Waals surface area contributed by atoms with E-state index in [1.807, 2.05) is 0 Å². The van der Waals surface area contributed by atoms with Gasteiger partial charge in [0.2, 0.25) is 0 Å². The number of benzene rings is 1. The lowest BCUT2D eigenvalue weighted by Crippen LogP contribution is -2.42. The van der Waals surface area contributed by atoms with E-state index in [4.69, 9.17) is 16.4 Å². The van der Waals surface area contributed by atoms with Crippen molar-refractivity contribution in [3.05, 3.63) is 29.8 Å². The predicted molar refractivity (Wildman–Crippen MR) is 77.4 cm³/mol. The van der Waals surface area contributed by atoms with Gasteiger partial charge in [0.1, 0.15) is 5.75 Å². The zero-order valence-electron chi connectivity index (χ0n) is 22.8. The summed E-state index contributed by atoms with van der Waals surface area (Å²) in [4.78, 5) is 1.39. The summed E-state index contributed by atoms with van der Waals surface area (Å²) in [5, 5.41) is 21.4. The van der Waals surface area contributed by atoms with Crippen LogP contribution in [0.2, 0.25) is 0 Å².